The van der Waals surface area contributed by atoms with Gasteiger partial charge in [-0.2, -0.15) is 0 Å². The molecule has 2 rings (SSSR count). The molecule has 0 heterocycles. The van der Waals surface area contributed by atoms with E-state index in [1.165, 1.54) is 11.1 Å². The molecule has 3 nitrogen and oxygen atoms in total. The van der Waals surface area contributed by atoms with Gasteiger partial charge in [0.15, 0.2) is 0 Å². The largest absolute Gasteiger partial charge is 0.508 e. The van der Waals surface area contributed by atoms with Gasteiger partial charge in [-0.1, -0.05) is 30.3 Å². The lowest BCUT2D eigenvalue weighted by Gasteiger charge is -2.12. The number of benzene rings is 2. The highest BCUT2D eigenvalue weighted by Crippen LogP contribution is 2.16. The summed E-state index contributed by atoms with van der Waals surface area (Å²) in [6, 6.07) is 16.3. The number of quaternary nitrogens is 1. The minimum absolute atomic E-state index is 0.333. The molecule has 0 saturated carbocycles. The highest BCUT2D eigenvalue weighted by molar-refractivity contribution is 5.33. The molecule has 0 aliphatic carbocycles. The maximum absolute atomic E-state index is 9.28. The molecule has 2 aromatic carbocycles. The molecule has 3 heteroatoms. The van der Waals surface area contributed by atoms with E-state index in [0.717, 1.165) is 31.6 Å². The molecule has 0 aliphatic heterocycles. The predicted molar refractivity (Wildman–Crippen MR) is 89.4 cm³/mol. The normalized spacial score (nSPS) is 12.1. The topological polar surface area (TPSA) is 46.1 Å². The summed E-state index contributed by atoms with van der Waals surface area (Å²) in [5.41, 5.74) is 2.55. The minimum Gasteiger partial charge on any atom is -0.508 e. The van der Waals surface area contributed by atoms with E-state index in [0.29, 0.717) is 11.8 Å². The van der Waals surface area contributed by atoms with Crippen LogP contribution in [0.5, 0.6) is 11.5 Å². The molecule has 0 aromatic heterocycles. The average molecular weight is 300 g/mol. The maximum atomic E-state index is 9.28. The predicted octanol–water partition coefficient (Wildman–Crippen LogP) is 2.53. The summed E-state index contributed by atoms with van der Waals surface area (Å²) >= 11 is 0. The van der Waals surface area contributed by atoms with E-state index in [9.17, 15) is 5.11 Å². The van der Waals surface area contributed by atoms with Crippen molar-refractivity contribution in [3.63, 3.8) is 0 Å². The van der Waals surface area contributed by atoms with Crippen LogP contribution in [0.1, 0.15) is 24.5 Å². The Balaban J connectivity index is 1.71. The zero-order valence-electron chi connectivity index (χ0n) is 13.5. The molecule has 2 aromatic rings. The summed E-state index contributed by atoms with van der Waals surface area (Å²) in [5, 5.41) is 11.7. The number of methoxy groups -OCH3 is 1. The first-order valence-electron chi connectivity index (χ1n) is 7.92. The lowest BCUT2D eigenvalue weighted by Crippen LogP contribution is -2.89. The Kier molecular flexibility index (Phi) is 6.28. The molecule has 0 fully saturated rings. The number of aromatic hydroxyl groups is 1. The smallest absolute Gasteiger partial charge is 0.122 e. The lowest BCUT2D eigenvalue weighted by atomic mass is 10.1. The summed E-state index contributed by atoms with van der Waals surface area (Å²) < 4.78 is 5.38. The van der Waals surface area contributed by atoms with Gasteiger partial charge in [-0.05, 0) is 42.7 Å². The van der Waals surface area contributed by atoms with Crippen LogP contribution in [0.15, 0.2) is 48.5 Å². The summed E-state index contributed by atoms with van der Waals surface area (Å²) in [7, 11) is 1.73. The Morgan fingerprint density at radius 1 is 1.05 bits per heavy atom. The van der Waals surface area contributed by atoms with Crippen LogP contribution < -0.4 is 10.1 Å². The third-order valence-corrected chi connectivity index (χ3v) is 4.00. The van der Waals surface area contributed by atoms with Crippen molar-refractivity contribution in [2.24, 2.45) is 0 Å². The summed E-state index contributed by atoms with van der Waals surface area (Å²) in [6.07, 6.45) is 3.21. The molecule has 0 amide bonds. The van der Waals surface area contributed by atoms with Crippen molar-refractivity contribution in [3.8, 4) is 11.5 Å². The van der Waals surface area contributed by atoms with Gasteiger partial charge >= 0.3 is 0 Å². The Morgan fingerprint density at radius 3 is 2.50 bits per heavy atom. The van der Waals surface area contributed by atoms with Crippen molar-refractivity contribution in [2.45, 2.75) is 32.2 Å². The van der Waals surface area contributed by atoms with E-state index in [4.69, 9.17) is 4.74 Å². The number of aryl methyl sites for hydroxylation is 1. The van der Waals surface area contributed by atoms with Gasteiger partial charge in [0.2, 0.25) is 0 Å². The maximum Gasteiger partial charge on any atom is 0.122 e. The summed E-state index contributed by atoms with van der Waals surface area (Å²) in [4.78, 5) is 0. The van der Waals surface area contributed by atoms with Crippen LogP contribution in [0, 0.1) is 0 Å². The molecule has 118 valence electrons. The zero-order chi connectivity index (χ0) is 15.8. The Hall–Kier alpha value is -2.00. The second-order valence-corrected chi connectivity index (χ2v) is 5.77. The van der Waals surface area contributed by atoms with E-state index in [2.05, 4.69) is 24.4 Å². The molecular weight excluding hydrogens is 274 g/mol. The van der Waals surface area contributed by atoms with Gasteiger partial charge in [0, 0.05) is 12.8 Å². The van der Waals surface area contributed by atoms with Crippen LogP contribution in [-0.4, -0.2) is 24.8 Å². The fourth-order valence-electron chi connectivity index (χ4n) is 2.61. The zero-order valence-corrected chi connectivity index (χ0v) is 13.5. The minimum atomic E-state index is 0.333. The van der Waals surface area contributed by atoms with Crippen LogP contribution in [0.4, 0.5) is 0 Å². The second-order valence-electron chi connectivity index (χ2n) is 5.77. The van der Waals surface area contributed by atoms with Crippen LogP contribution in [0.25, 0.3) is 0 Å². The number of nitrogens with two attached hydrogens (primary N) is 1. The quantitative estimate of drug-likeness (QED) is 0.787. The highest BCUT2D eigenvalue weighted by atomic mass is 16.5. The molecule has 0 aliphatic rings. The number of para-hydroxylation sites is 1. The van der Waals surface area contributed by atoms with Crippen LogP contribution in [-0.2, 0) is 12.8 Å². The fourth-order valence-corrected chi connectivity index (χ4v) is 2.61. The molecular formula is C19H26NO2+. The molecule has 22 heavy (non-hydrogen) atoms. The number of rotatable bonds is 8. The first-order valence-corrected chi connectivity index (χ1v) is 7.92. The van der Waals surface area contributed by atoms with E-state index in [1.54, 1.807) is 19.2 Å². The lowest BCUT2D eigenvalue weighted by molar-refractivity contribution is -0.686. The van der Waals surface area contributed by atoms with Gasteiger partial charge < -0.3 is 15.2 Å². The number of hydrogen-bond acceptors (Lipinski definition) is 2. The Bertz CT molecular complexity index is 566. The third-order valence-electron chi connectivity index (χ3n) is 4.00. The van der Waals surface area contributed by atoms with E-state index >= 15 is 0 Å². The summed E-state index contributed by atoms with van der Waals surface area (Å²) in [5.74, 6) is 1.31. The van der Waals surface area contributed by atoms with Crippen molar-refractivity contribution in [1.82, 2.24) is 0 Å². The SMILES string of the molecule is COc1ccccc1CC[NH2+][C@H](C)CCc1ccc(O)cc1. The van der Waals surface area contributed by atoms with Crippen LogP contribution in [0.3, 0.4) is 0 Å². The Morgan fingerprint density at radius 2 is 1.77 bits per heavy atom. The average Bonchev–Trinajstić information content (AvgIpc) is 2.55. The van der Waals surface area contributed by atoms with Gasteiger partial charge in [-0.3, -0.25) is 0 Å². The van der Waals surface area contributed by atoms with Gasteiger partial charge in [-0.15, -0.1) is 0 Å². The van der Waals surface area contributed by atoms with Gasteiger partial charge in [-0.25, -0.2) is 0 Å². The number of hydrogen-bond donors (Lipinski definition) is 2. The number of phenolic OH excluding ortho intramolecular Hbond substituents is 1. The van der Waals surface area contributed by atoms with Crippen LogP contribution >= 0.6 is 0 Å². The van der Waals surface area contributed by atoms with Gasteiger partial charge in [0.25, 0.3) is 0 Å². The van der Waals surface area contributed by atoms with Crippen molar-refractivity contribution in [1.29, 1.82) is 0 Å². The van der Waals surface area contributed by atoms with E-state index in [-0.39, 0.29) is 0 Å². The van der Waals surface area contributed by atoms with Gasteiger partial charge in [0.1, 0.15) is 11.5 Å². The number of phenols is 1. The molecule has 3 N–H and O–H groups in total. The standard InChI is InChI=1S/C19H25NO2/c1-15(7-8-16-9-11-18(21)12-10-16)20-14-13-17-5-3-4-6-19(17)22-2/h3-6,9-12,15,20-21H,7-8,13-14H2,1-2H3/p+1/t15-/m1/s1. The molecule has 0 spiro atoms. The third kappa shape index (κ3) is 5.08. The van der Waals surface area contributed by atoms with Crippen molar-refractivity contribution in [3.05, 3.63) is 59.7 Å². The fraction of sp³-hybridized carbons (Fsp3) is 0.368. The molecule has 0 radical (unpaired) electrons. The van der Waals surface area contributed by atoms with Gasteiger partial charge in [0.05, 0.1) is 19.7 Å². The Labute approximate surface area is 133 Å². The van der Waals surface area contributed by atoms with Crippen molar-refractivity contribution >= 4 is 0 Å². The number of ether oxygens (including phenoxy) is 1. The molecule has 1 atom stereocenters. The second kappa shape index (κ2) is 8.44. The van der Waals surface area contributed by atoms with Crippen molar-refractivity contribution < 1.29 is 15.2 Å². The van der Waals surface area contributed by atoms with E-state index < -0.39 is 0 Å². The summed E-state index contributed by atoms with van der Waals surface area (Å²) in [6.45, 7) is 3.33. The molecule has 0 saturated heterocycles. The van der Waals surface area contributed by atoms with Crippen LogP contribution in [0.2, 0.25) is 0 Å². The first kappa shape index (κ1) is 16.4. The van der Waals surface area contributed by atoms with E-state index in [1.807, 2.05) is 24.3 Å². The molecule has 0 unspecified atom stereocenters. The highest BCUT2D eigenvalue weighted by Gasteiger charge is 2.07. The monoisotopic (exact) mass is 300 g/mol. The van der Waals surface area contributed by atoms with Crippen molar-refractivity contribution in [2.75, 3.05) is 13.7 Å². The first-order chi connectivity index (χ1) is 10.7. The molecule has 0 bridgehead atoms.